The van der Waals surface area contributed by atoms with Gasteiger partial charge >= 0.3 is 7.12 Å². The Bertz CT molecular complexity index is 225. The summed E-state index contributed by atoms with van der Waals surface area (Å²) in [4.78, 5) is 0. The second-order valence-corrected chi connectivity index (χ2v) is 9.97. The fraction of sp³-hybridized carbons (Fsp3) is 0.818. The number of hydrogen-bond donors (Lipinski definition) is 0. The van der Waals surface area contributed by atoms with Crippen LogP contribution in [0.2, 0.25) is 19.6 Å². The van der Waals surface area contributed by atoms with Crippen LogP contribution in [0.15, 0.2) is 0 Å². The fourth-order valence-corrected chi connectivity index (χ4v) is 1.42. The second kappa shape index (κ2) is 6.37. The minimum Gasteiger partial charge on any atom is -0.398 e. The lowest BCUT2D eigenvalue weighted by Crippen LogP contribution is -2.29. The van der Waals surface area contributed by atoms with Crippen LogP contribution in [-0.2, 0) is 9.31 Å². The molecule has 0 saturated heterocycles. The molecule has 0 aliphatic carbocycles. The molecule has 4 heteroatoms. The molecule has 0 unspecified atom stereocenters. The van der Waals surface area contributed by atoms with E-state index < -0.39 is 8.07 Å². The lowest BCUT2D eigenvalue weighted by Gasteiger charge is -2.15. The van der Waals surface area contributed by atoms with Gasteiger partial charge in [0.15, 0.2) is 0 Å². The zero-order valence-electron chi connectivity index (χ0n) is 11.0. The van der Waals surface area contributed by atoms with Gasteiger partial charge in [0.2, 0.25) is 0 Å². The standard InChI is InChI=1S/C11H23BO2Si/c1-10(2)13-12(14-11(3)4)8-9-15(5,6)7/h10-11H,1-7H3. The van der Waals surface area contributed by atoms with E-state index in [4.69, 9.17) is 9.31 Å². The largest absolute Gasteiger partial charge is 0.549 e. The Kier molecular flexibility index (Phi) is 6.27. The van der Waals surface area contributed by atoms with Crippen molar-refractivity contribution >= 4 is 15.2 Å². The van der Waals surface area contributed by atoms with Gasteiger partial charge in [-0.1, -0.05) is 25.5 Å². The predicted octanol–water partition coefficient (Wildman–Crippen LogP) is 2.74. The SMILES string of the molecule is CC(C)OB(C#C[Si](C)(C)C)OC(C)C. The van der Waals surface area contributed by atoms with Crippen LogP contribution in [0, 0.1) is 11.4 Å². The molecule has 0 aromatic carbocycles. The molecule has 0 rings (SSSR count). The number of rotatable bonds is 4. The van der Waals surface area contributed by atoms with Crippen molar-refractivity contribution in [1.82, 2.24) is 0 Å². The number of hydrogen-bond acceptors (Lipinski definition) is 2. The van der Waals surface area contributed by atoms with Crippen LogP contribution >= 0.6 is 0 Å². The zero-order valence-corrected chi connectivity index (χ0v) is 12.0. The maximum atomic E-state index is 5.58. The van der Waals surface area contributed by atoms with Crippen molar-refractivity contribution < 1.29 is 9.31 Å². The first-order chi connectivity index (χ1) is 6.70. The third kappa shape index (κ3) is 10.1. The molecule has 0 bridgehead atoms. The van der Waals surface area contributed by atoms with Crippen molar-refractivity contribution in [2.24, 2.45) is 0 Å². The van der Waals surface area contributed by atoms with E-state index in [0.29, 0.717) is 0 Å². The van der Waals surface area contributed by atoms with Crippen LogP contribution in [-0.4, -0.2) is 27.4 Å². The van der Waals surface area contributed by atoms with E-state index in [0.717, 1.165) is 0 Å². The van der Waals surface area contributed by atoms with Crippen molar-refractivity contribution in [2.75, 3.05) is 0 Å². The minimum atomic E-state index is -1.34. The molecule has 0 aliphatic heterocycles. The molecule has 0 N–H and O–H groups in total. The second-order valence-electron chi connectivity index (χ2n) is 5.22. The lowest BCUT2D eigenvalue weighted by atomic mass is 9.91. The molecule has 0 spiro atoms. The van der Waals surface area contributed by atoms with E-state index in [-0.39, 0.29) is 19.3 Å². The van der Waals surface area contributed by atoms with Crippen molar-refractivity contribution in [3.8, 4) is 11.4 Å². The van der Waals surface area contributed by atoms with E-state index in [1.165, 1.54) is 0 Å². The average Bonchev–Trinajstić information content (AvgIpc) is 1.96. The van der Waals surface area contributed by atoms with Gasteiger partial charge in [-0.2, -0.15) is 0 Å². The summed E-state index contributed by atoms with van der Waals surface area (Å²) >= 11 is 0. The zero-order chi connectivity index (χ0) is 12.1. The fourth-order valence-electron chi connectivity index (χ4n) is 0.870. The molecule has 0 radical (unpaired) electrons. The molecule has 0 aromatic rings. The molecule has 0 aliphatic rings. The summed E-state index contributed by atoms with van der Waals surface area (Å²) < 4.78 is 11.2. The first-order valence-corrected chi connectivity index (χ1v) is 9.04. The molecule has 0 atom stereocenters. The molecule has 15 heavy (non-hydrogen) atoms. The average molecular weight is 226 g/mol. The van der Waals surface area contributed by atoms with Crippen molar-refractivity contribution in [1.29, 1.82) is 0 Å². The van der Waals surface area contributed by atoms with Crippen molar-refractivity contribution in [3.05, 3.63) is 0 Å². The summed E-state index contributed by atoms with van der Waals surface area (Å²) in [6.07, 6.45) is 0.286. The first-order valence-electron chi connectivity index (χ1n) is 5.54. The summed E-state index contributed by atoms with van der Waals surface area (Å²) in [6, 6.07) is 0. The maximum absolute atomic E-state index is 5.58. The summed E-state index contributed by atoms with van der Waals surface area (Å²) in [5, 5.41) is 0. The lowest BCUT2D eigenvalue weighted by molar-refractivity contribution is 0.140. The molecular formula is C11H23BO2Si. The predicted molar refractivity (Wildman–Crippen MR) is 69.3 cm³/mol. The van der Waals surface area contributed by atoms with Gasteiger partial charge in [-0.05, 0) is 27.7 Å². The maximum Gasteiger partial charge on any atom is 0.549 e. The molecule has 0 heterocycles. The molecular weight excluding hydrogens is 203 g/mol. The van der Waals surface area contributed by atoms with Crippen LogP contribution in [0.25, 0.3) is 0 Å². The highest BCUT2D eigenvalue weighted by atomic mass is 28.3. The summed E-state index contributed by atoms with van der Waals surface area (Å²) in [7, 11) is -1.72. The Morgan fingerprint density at radius 3 is 1.60 bits per heavy atom. The van der Waals surface area contributed by atoms with Gasteiger partial charge < -0.3 is 9.31 Å². The molecule has 0 fully saturated rings. The van der Waals surface area contributed by atoms with E-state index in [9.17, 15) is 0 Å². The molecule has 0 aromatic heterocycles. The van der Waals surface area contributed by atoms with Crippen LogP contribution in [0.1, 0.15) is 27.7 Å². The van der Waals surface area contributed by atoms with Crippen molar-refractivity contribution in [3.63, 3.8) is 0 Å². The van der Waals surface area contributed by atoms with Crippen molar-refractivity contribution in [2.45, 2.75) is 59.5 Å². The smallest absolute Gasteiger partial charge is 0.398 e. The van der Waals surface area contributed by atoms with Crippen LogP contribution < -0.4 is 0 Å². The monoisotopic (exact) mass is 226 g/mol. The normalized spacial score (nSPS) is 11.5. The Morgan fingerprint density at radius 1 is 0.933 bits per heavy atom. The highest BCUT2D eigenvalue weighted by Crippen LogP contribution is 2.01. The Hall–Kier alpha value is -0.238. The van der Waals surface area contributed by atoms with E-state index in [1.54, 1.807) is 0 Å². The third-order valence-electron chi connectivity index (χ3n) is 1.36. The Morgan fingerprint density at radius 2 is 1.33 bits per heavy atom. The summed E-state index contributed by atoms with van der Waals surface area (Å²) in [5.74, 6) is 3.09. The Labute approximate surface area is 95.9 Å². The third-order valence-corrected chi connectivity index (χ3v) is 2.25. The molecule has 2 nitrogen and oxygen atoms in total. The van der Waals surface area contributed by atoms with Crippen LogP contribution in [0.5, 0.6) is 0 Å². The van der Waals surface area contributed by atoms with E-state index in [1.807, 2.05) is 27.7 Å². The minimum absolute atomic E-state index is 0.143. The summed E-state index contributed by atoms with van der Waals surface area (Å²) in [5.41, 5.74) is 3.27. The highest BCUT2D eigenvalue weighted by Gasteiger charge is 2.20. The van der Waals surface area contributed by atoms with Gasteiger partial charge in [0.25, 0.3) is 0 Å². The highest BCUT2D eigenvalue weighted by molar-refractivity contribution is 6.84. The topological polar surface area (TPSA) is 18.5 Å². The Balaban J connectivity index is 4.41. The summed E-state index contributed by atoms with van der Waals surface area (Å²) in [6.45, 7) is 14.6. The van der Waals surface area contributed by atoms with E-state index >= 15 is 0 Å². The van der Waals surface area contributed by atoms with Crippen LogP contribution in [0.4, 0.5) is 0 Å². The van der Waals surface area contributed by atoms with Gasteiger partial charge in [-0.3, -0.25) is 0 Å². The van der Waals surface area contributed by atoms with Crippen LogP contribution in [0.3, 0.4) is 0 Å². The van der Waals surface area contributed by atoms with Gasteiger partial charge in [0.05, 0.1) is 0 Å². The van der Waals surface area contributed by atoms with Gasteiger partial charge in [0.1, 0.15) is 8.07 Å². The molecule has 86 valence electrons. The van der Waals surface area contributed by atoms with Gasteiger partial charge in [0, 0.05) is 12.2 Å². The molecule has 0 amide bonds. The van der Waals surface area contributed by atoms with Gasteiger partial charge in [-0.15, -0.1) is 5.54 Å². The van der Waals surface area contributed by atoms with Gasteiger partial charge in [-0.25, -0.2) is 0 Å². The quantitative estimate of drug-likeness (QED) is 0.542. The molecule has 0 saturated carbocycles. The first kappa shape index (κ1) is 14.8. The van der Waals surface area contributed by atoms with E-state index in [2.05, 4.69) is 31.0 Å².